The summed E-state index contributed by atoms with van der Waals surface area (Å²) in [5, 5.41) is 0.407. The molecule has 0 spiro atoms. The molecule has 0 aromatic carbocycles. The van der Waals surface area contributed by atoms with Crippen molar-refractivity contribution in [1.82, 2.24) is 9.97 Å². The minimum absolute atomic E-state index is 0.105. The van der Waals surface area contributed by atoms with Crippen LogP contribution in [0.4, 0.5) is 5.13 Å². The van der Waals surface area contributed by atoms with E-state index in [2.05, 4.69) is 14.7 Å². The average molecular weight is 297 g/mol. The molecule has 0 atom stereocenters. The summed E-state index contributed by atoms with van der Waals surface area (Å²) in [5.74, 6) is 0.105. The third-order valence-electron chi connectivity index (χ3n) is 2.44. The number of rotatable bonds is 5. The number of aromatic nitrogens is 2. The Morgan fingerprint density at radius 2 is 2.21 bits per heavy atom. The zero-order valence-corrected chi connectivity index (χ0v) is 12.4. The molecular formula is C12H15N3O2S2. The van der Waals surface area contributed by atoms with Crippen molar-refractivity contribution in [2.75, 3.05) is 10.5 Å². The third-order valence-corrected chi connectivity index (χ3v) is 5.14. The summed E-state index contributed by atoms with van der Waals surface area (Å²) >= 11 is 1.32. The van der Waals surface area contributed by atoms with Crippen LogP contribution in [-0.4, -0.2) is 24.1 Å². The number of hydrogen-bond acceptors (Lipinski definition) is 5. The number of anilines is 1. The molecule has 1 N–H and O–H groups in total. The molecule has 0 aliphatic rings. The van der Waals surface area contributed by atoms with Crippen LogP contribution in [0, 0.1) is 6.92 Å². The van der Waals surface area contributed by atoms with E-state index in [1.54, 1.807) is 12.4 Å². The van der Waals surface area contributed by atoms with Crippen LogP contribution < -0.4 is 4.72 Å². The Kier molecular flexibility index (Phi) is 4.16. The molecule has 19 heavy (non-hydrogen) atoms. The van der Waals surface area contributed by atoms with Gasteiger partial charge in [-0.05, 0) is 19.4 Å². The second-order valence-electron chi connectivity index (χ2n) is 4.10. The van der Waals surface area contributed by atoms with E-state index < -0.39 is 10.0 Å². The predicted molar refractivity (Wildman–Crippen MR) is 77.8 cm³/mol. The first-order chi connectivity index (χ1) is 9.02. The van der Waals surface area contributed by atoms with E-state index in [4.69, 9.17) is 0 Å². The van der Waals surface area contributed by atoms with Crippen LogP contribution >= 0.6 is 11.3 Å². The number of aryl methyl sites for hydroxylation is 1. The lowest BCUT2D eigenvalue weighted by molar-refractivity contribution is 0.600. The maximum absolute atomic E-state index is 11.7. The zero-order chi connectivity index (χ0) is 13.9. The van der Waals surface area contributed by atoms with Gasteiger partial charge in [0.25, 0.3) is 0 Å². The molecule has 0 radical (unpaired) electrons. The topological polar surface area (TPSA) is 72.0 Å². The molecule has 0 aliphatic heterocycles. The molecule has 102 valence electrons. The van der Waals surface area contributed by atoms with Gasteiger partial charge in [-0.2, -0.15) is 0 Å². The van der Waals surface area contributed by atoms with Gasteiger partial charge < -0.3 is 0 Å². The minimum Gasteiger partial charge on any atom is -0.264 e. The lowest BCUT2D eigenvalue weighted by Gasteiger charge is -2.01. The Hall–Kier alpha value is -1.47. The van der Waals surface area contributed by atoms with E-state index in [0.717, 1.165) is 16.1 Å². The number of nitrogens with zero attached hydrogens (tertiary/aromatic N) is 2. The molecule has 2 heterocycles. The summed E-state index contributed by atoms with van der Waals surface area (Å²) in [7, 11) is -3.29. The highest BCUT2D eigenvalue weighted by atomic mass is 32.2. The van der Waals surface area contributed by atoms with Crippen molar-refractivity contribution in [3.05, 3.63) is 30.2 Å². The van der Waals surface area contributed by atoms with Gasteiger partial charge in [0.2, 0.25) is 10.0 Å². The van der Waals surface area contributed by atoms with Crippen LogP contribution in [0.1, 0.15) is 19.0 Å². The molecule has 2 aromatic heterocycles. The first-order valence-corrected chi connectivity index (χ1v) is 8.37. The van der Waals surface area contributed by atoms with Gasteiger partial charge >= 0.3 is 0 Å². The predicted octanol–water partition coefficient (Wildman–Crippen LogP) is 2.67. The normalized spacial score (nSPS) is 11.5. The SMILES string of the molecule is CCCS(=O)(=O)Nc1nc(C)c(-c2cccnc2)s1. The van der Waals surface area contributed by atoms with Gasteiger partial charge in [-0.3, -0.25) is 9.71 Å². The zero-order valence-electron chi connectivity index (χ0n) is 10.8. The molecule has 2 rings (SSSR count). The van der Waals surface area contributed by atoms with Crippen molar-refractivity contribution < 1.29 is 8.42 Å². The largest absolute Gasteiger partial charge is 0.264 e. The van der Waals surface area contributed by atoms with E-state index in [1.165, 1.54) is 11.3 Å². The van der Waals surface area contributed by atoms with E-state index in [0.29, 0.717) is 11.6 Å². The fourth-order valence-electron chi connectivity index (χ4n) is 1.66. The molecule has 0 fully saturated rings. The van der Waals surface area contributed by atoms with Crippen LogP contribution in [0.15, 0.2) is 24.5 Å². The first-order valence-electron chi connectivity index (χ1n) is 5.90. The maximum atomic E-state index is 11.7. The van der Waals surface area contributed by atoms with Gasteiger partial charge in [0.05, 0.1) is 16.3 Å². The summed E-state index contributed by atoms with van der Waals surface area (Å²) in [6.45, 7) is 3.68. The second-order valence-corrected chi connectivity index (χ2v) is 6.94. The highest BCUT2D eigenvalue weighted by molar-refractivity contribution is 7.92. The second kappa shape index (κ2) is 5.66. The van der Waals surface area contributed by atoms with E-state index in [1.807, 2.05) is 26.0 Å². The molecule has 0 amide bonds. The maximum Gasteiger partial charge on any atom is 0.234 e. The molecule has 2 aromatic rings. The van der Waals surface area contributed by atoms with E-state index in [9.17, 15) is 8.42 Å². The van der Waals surface area contributed by atoms with Crippen LogP contribution in [0.3, 0.4) is 0 Å². The Labute approximate surface area is 116 Å². The first kappa shape index (κ1) is 14.0. The van der Waals surface area contributed by atoms with Gasteiger partial charge in [-0.1, -0.05) is 24.3 Å². The quantitative estimate of drug-likeness (QED) is 0.921. The number of nitrogens with one attached hydrogen (secondary N) is 1. The summed E-state index contributed by atoms with van der Waals surface area (Å²) in [4.78, 5) is 9.24. The van der Waals surface area contributed by atoms with Gasteiger partial charge in [-0.15, -0.1) is 0 Å². The van der Waals surface area contributed by atoms with E-state index in [-0.39, 0.29) is 5.75 Å². The molecule has 0 aliphatic carbocycles. The minimum atomic E-state index is -3.29. The van der Waals surface area contributed by atoms with Crippen molar-refractivity contribution >= 4 is 26.5 Å². The highest BCUT2D eigenvalue weighted by Crippen LogP contribution is 2.32. The molecule has 0 saturated heterocycles. The average Bonchev–Trinajstić information content (AvgIpc) is 2.70. The van der Waals surface area contributed by atoms with Crippen molar-refractivity contribution in [2.45, 2.75) is 20.3 Å². The van der Waals surface area contributed by atoms with Crippen molar-refractivity contribution in [3.8, 4) is 10.4 Å². The molecule has 0 unspecified atom stereocenters. The Morgan fingerprint density at radius 3 is 2.84 bits per heavy atom. The number of pyridine rings is 1. The summed E-state index contributed by atoms with van der Waals surface area (Å²) < 4.78 is 25.9. The Bertz CT molecular complexity index is 651. The van der Waals surface area contributed by atoms with Gasteiger partial charge in [-0.25, -0.2) is 13.4 Å². The monoisotopic (exact) mass is 297 g/mol. The Morgan fingerprint density at radius 1 is 1.42 bits per heavy atom. The van der Waals surface area contributed by atoms with Gasteiger partial charge in [0.1, 0.15) is 0 Å². The lowest BCUT2D eigenvalue weighted by Crippen LogP contribution is -2.15. The standard InChI is InChI=1S/C12H15N3O2S2/c1-3-7-19(16,17)15-12-14-9(2)11(18-12)10-5-4-6-13-8-10/h4-6,8H,3,7H2,1-2H3,(H,14,15). The van der Waals surface area contributed by atoms with Crippen molar-refractivity contribution in [2.24, 2.45) is 0 Å². The Balaban J connectivity index is 2.28. The summed E-state index contributed by atoms with van der Waals surface area (Å²) in [6, 6.07) is 3.77. The fraction of sp³-hybridized carbons (Fsp3) is 0.333. The number of sulfonamides is 1. The van der Waals surface area contributed by atoms with Gasteiger partial charge in [0, 0.05) is 18.0 Å². The van der Waals surface area contributed by atoms with E-state index >= 15 is 0 Å². The van der Waals surface area contributed by atoms with Crippen molar-refractivity contribution in [3.63, 3.8) is 0 Å². The fourth-order valence-corrected chi connectivity index (χ4v) is 3.96. The number of hydrogen-bond donors (Lipinski definition) is 1. The summed E-state index contributed by atoms with van der Waals surface area (Å²) in [6.07, 6.45) is 4.02. The number of thiazole rings is 1. The molecule has 7 heteroatoms. The van der Waals surface area contributed by atoms with Crippen LogP contribution in [0.25, 0.3) is 10.4 Å². The van der Waals surface area contributed by atoms with Crippen molar-refractivity contribution in [1.29, 1.82) is 0 Å². The van der Waals surface area contributed by atoms with Crippen LogP contribution in [0.2, 0.25) is 0 Å². The van der Waals surface area contributed by atoms with Crippen LogP contribution in [0.5, 0.6) is 0 Å². The molecular weight excluding hydrogens is 282 g/mol. The van der Waals surface area contributed by atoms with Gasteiger partial charge in [0.15, 0.2) is 5.13 Å². The highest BCUT2D eigenvalue weighted by Gasteiger charge is 2.15. The lowest BCUT2D eigenvalue weighted by atomic mass is 10.2. The van der Waals surface area contributed by atoms with Crippen LogP contribution in [-0.2, 0) is 10.0 Å². The molecule has 5 nitrogen and oxygen atoms in total. The molecule has 0 bridgehead atoms. The molecule has 0 saturated carbocycles. The third kappa shape index (κ3) is 3.51. The smallest absolute Gasteiger partial charge is 0.234 e. The summed E-state index contributed by atoms with van der Waals surface area (Å²) in [5.41, 5.74) is 1.74.